The van der Waals surface area contributed by atoms with E-state index >= 15 is 0 Å². The van der Waals surface area contributed by atoms with Gasteiger partial charge in [0.1, 0.15) is 11.2 Å². The Kier molecular flexibility index (Phi) is 8.48. The SMILES string of the molecule is N#Cc1ccccc1-c1ccc(-c2nc(-c3ccccc3)nc(-c3ccc4c(oc5cccc(-c6ccc(-c7ccccc7)cc6)c54)c3-c3ccccc3)n2)cc1. The van der Waals surface area contributed by atoms with E-state index in [-0.39, 0.29) is 0 Å². The maximum atomic E-state index is 9.73. The third-order valence-corrected chi connectivity index (χ3v) is 10.4. The van der Waals surface area contributed by atoms with E-state index in [1.54, 1.807) is 0 Å². The third-order valence-electron chi connectivity index (χ3n) is 10.4. The molecule has 266 valence electrons. The molecule has 0 amide bonds. The van der Waals surface area contributed by atoms with E-state index in [2.05, 4.69) is 91.0 Å². The molecule has 0 N–H and O–H groups in total. The maximum absolute atomic E-state index is 9.73. The number of hydrogen-bond acceptors (Lipinski definition) is 5. The van der Waals surface area contributed by atoms with Crippen molar-refractivity contribution in [3.05, 3.63) is 200 Å². The number of rotatable bonds is 7. The average Bonchev–Trinajstić information content (AvgIpc) is 3.69. The molecule has 0 fully saturated rings. The van der Waals surface area contributed by atoms with Crippen LogP contribution in [0.15, 0.2) is 199 Å². The number of furan rings is 1. The van der Waals surface area contributed by atoms with Crippen LogP contribution in [0.1, 0.15) is 5.56 Å². The Bertz CT molecular complexity index is 3100. The van der Waals surface area contributed by atoms with Crippen LogP contribution >= 0.6 is 0 Å². The van der Waals surface area contributed by atoms with Gasteiger partial charge in [-0.3, -0.25) is 0 Å². The standard InChI is InChI=1S/C52H32N4O/c53-33-41-19-10-11-20-42(41)36-27-29-40(30-28-36)51-54-50(39-17-8-3-9-18-39)55-52(56-51)45-32-31-44-48-43(37-25-23-35(24-26-37)34-13-4-1-5-14-34)21-12-22-46(48)57-49(44)47(45)38-15-6-2-7-16-38/h1-32H. The minimum absolute atomic E-state index is 0.538. The summed E-state index contributed by atoms with van der Waals surface area (Å²) in [4.78, 5) is 15.3. The fraction of sp³-hybridized carbons (Fsp3) is 0. The van der Waals surface area contributed by atoms with Gasteiger partial charge in [-0.15, -0.1) is 0 Å². The lowest BCUT2D eigenvalue weighted by atomic mass is 9.93. The van der Waals surface area contributed by atoms with Crippen LogP contribution in [0.5, 0.6) is 0 Å². The summed E-state index contributed by atoms with van der Waals surface area (Å²) in [6.07, 6.45) is 0. The number of nitriles is 1. The number of aromatic nitrogens is 3. The van der Waals surface area contributed by atoms with Crippen molar-refractivity contribution in [2.45, 2.75) is 0 Å². The highest BCUT2D eigenvalue weighted by Crippen LogP contribution is 2.44. The number of nitrogens with zero attached hydrogens (tertiary/aromatic N) is 4. The van der Waals surface area contributed by atoms with Crippen molar-refractivity contribution >= 4 is 21.9 Å². The molecule has 5 heteroatoms. The molecule has 0 radical (unpaired) electrons. The van der Waals surface area contributed by atoms with Gasteiger partial charge in [-0.2, -0.15) is 5.26 Å². The first-order valence-corrected chi connectivity index (χ1v) is 18.8. The second kappa shape index (κ2) is 14.4. The minimum atomic E-state index is 0.538. The molecule has 2 aromatic heterocycles. The van der Waals surface area contributed by atoms with Crippen LogP contribution in [-0.4, -0.2) is 15.0 Å². The number of fused-ring (bicyclic) bond motifs is 3. The molecular weight excluding hydrogens is 697 g/mol. The van der Waals surface area contributed by atoms with Crippen molar-refractivity contribution in [2.75, 3.05) is 0 Å². The molecule has 5 nitrogen and oxygen atoms in total. The Hall–Kier alpha value is -7.94. The molecule has 10 rings (SSSR count). The van der Waals surface area contributed by atoms with E-state index in [1.165, 1.54) is 11.1 Å². The Morgan fingerprint density at radius 3 is 1.53 bits per heavy atom. The van der Waals surface area contributed by atoms with E-state index in [0.717, 1.165) is 72.0 Å². The summed E-state index contributed by atoms with van der Waals surface area (Å²) in [5.74, 6) is 1.65. The molecule has 10 aromatic rings. The largest absolute Gasteiger partial charge is 0.455 e. The van der Waals surface area contributed by atoms with Gasteiger partial charge in [-0.25, -0.2) is 15.0 Å². The predicted octanol–water partition coefficient (Wildman–Crippen LogP) is 13.3. The zero-order valence-electron chi connectivity index (χ0n) is 30.7. The number of hydrogen-bond donors (Lipinski definition) is 0. The van der Waals surface area contributed by atoms with Gasteiger partial charge in [0.05, 0.1) is 11.6 Å². The monoisotopic (exact) mass is 728 g/mol. The lowest BCUT2D eigenvalue weighted by Crippen LogP contribution is -2.01. The molecule has 0 saturated heterocycles. The Morgan fingerprint density at radius 1 is 0.368 bits per heavy atom. The first-order valence-electron chi connectivity index (χ1n) is 18.8. The summed E-state index contributed by atoms with van der Waals surface area (Å²) in [5.41, 5.74) is 13.1. The van der Waals surface area contributed by atoms with E-state index in [9.17, 15) is 5.26 Å². The third kappa shape index (κ3) is 6.22. The van der Waals surface area contributed by atoms with Crippen molar-refractivity contribution in [1.82, 2.24) is 15.0 Å². The first kappa shape index (κ1) is 33.6. The van der Waals surface area contributed by atoms with Crippen molar-refractivity contribution in [2.24, 2.45) is 0 Å². The summed E-state index contributed by atoms with van der Waals surface area (Å²) in [7, 11) is 0. The molecule has 0 aliphatic heterocycles. The lowest BCUT2D eigenvalue weighted by Gasteiger charge is -2.13. The molecule has 0 saturated carbocycles. The van der Waals surface area contributed by atoms with Crippen LogP contribution < -0.4 is 0 Å². The molecule has 0 aliphatic rings. The summed E-state index contributed by atoms with van der Waals surface area (Å²) in [5, 5.41) is 11.8. The molecule has 0 spiro atoms. The molecule has 57 heavy (non-hydrogen) atoms. The number of benzene rings is 8. The van der Waals surface area contributed by atoms with Gasteiger partial charge in [0.25, 0.3) is 0 Å². The molecule has 0 atom stereocenters. The summed E-state index contributed by atoms with van der Waals surface area (Å²) in [6, 6.07) is 68.0. The van der Waals surface area contributed by atoms with E-state index in [4.69, 9.17) is 19.4 Å². The van der Waals surface area contributed by atoms with Crippen molar-refractivity contribution < 1.29 is 4.42 Å². The van der Waals surface area contributed by atoms with Crippen molar-refractivity contribution in [1.29, 1.82) is 5.26 Å². The Labute approximate surface area is 329 Å². The zero-order chi connectivity index (χ0) is 38.1. The van der Waals surface area contributed by atoms with Crippen LogP contribution in [0, 0.1) is 11.3 Å². The topological polar surface area (TPSA) is 75.6 Å². The molecular formula is C52H32N4O. The van der Waals surface area contributed by atoms with E-state index in [0.29, 0.717) is 23.0 Å². The lowest BCUT2D eigenvalue weighted by molar-refractivity contribution is 0.670. The fourth-order valence-corrected chi connectivity index (χ4v) is 7.65. The van der Waals surface area contributed by atoms with Crippen LogP contribution in [0.3, 0.4) is 0 Å². The van der Waals surface area contributed by atoms with Gasteiger partial charge in [0, 0.05) is 33.0 Å². The van der Waals surface area contributed by atoms with Crippen molar-refractivity contribution in [3.63, 3.8) is 0 Å². The van der Waals surface area contributed by atoms with Crippen LogP contribution in [0.25, 0.3) is 101 Å². The second-order valence-corrected chi connectivity index (χ2v) is 13.9. The minimum Gasteiger partial charge on any atom is -0.455 e. The summed E-state index contributed by atoms with van der Waals surface area (Å²) < 4.78 is 6.87. The first-order chi connectivity index (χ1) is 28.2. The normalized spacial score (nSPS) is 11.1. The molecule has 0 unspecified atom stereocenters. The maximum Gasteiger partial charge on any atom is 0.164 e. The Morgan fingerprint density at radius 2 is 0.860 bits per heavy atom. The van der Waals surface area contributed by atoms with Gasteiger partial charge in [-0.1, -0.05) is 170 Å². The average molecular weight is 729 g/mol. The van der Waals surface area contributed by atoms with Gasteiger partial charge >= 0.3 is 0 Å². The van der Waals surface area contributed by atoms with E-state index in [1.807, 2.05) is 109 Å². The predicted molar refractivity (Wildman–Crippen MR) is 230 cm³/mol. The smallest absolute Gasteiger partial charge is 0.164 e. The molecule has 2 heterocycles. The second-order valence-electron chi connectivity index (χ2n) is 13.9. The fourth-order valence-electron chi connectivity index (χ4n) is 7.65. The van der Waals surface area contributed by atoms with Crippen LogP contribution in [0.2, 0.25) is 0 Å². The highest BCUT2D eigenvalue weighted by molar-refractivity contribution is 6.17. The van der Waals surface area contributed by atoms with Crippen molar-refractivity contribution in [3.8, 4) is 84.7 Å². The highest BCUT2D eigenvalue weighted by atomic mass is 16.3. The Balaban J connectivity index is 1.15. The zero-order valence-corrected chi connectivity index (χ0v) is 30.7. The molecule has 0 bridgehead atoms. The van der Waals surface area contributed by atoms with Gasteiger partial charge in [0.15, 0.2) is 17.5 Å². The summed E-state index contributed by atoms with van der Waals surface area (Å²) in [6.45, 7) is 0. The van der Waals surface area contributed by atoms with Gasteiger partial charge in [-0.05, 0) is 63.2 Å². The van der Waals surface area contributed by atoms with Gasteiger partial charge < -0.3 is 4.42 Å². The quantitative estimate of drug-likeness (QED) is 0.163. The van der Waals surface area contributed by atoms with E-state index < -0.39 is 0 Å². The van der Waals surface area contributed by atoms with Gasteiger partial charge in [0.2, 0.25) is 0 Å². The molecule has 8 aromatic carbocycles. The van der Waals surface area contributed by atoms with Crippen LogP contribution in [0.4, 0.5) is 0 Å². The summed E-state index contributed by atoms with van der Waals surface area (Å²) >= 11 is 0. The highest BCUT2D eigenvalue weighted by Gasteiger charge is 2.22. The molecule has 0 aliphatic carbocycles. The van der Waals surface area contributed by atoms with Crippen LogP contribution in [-0.2, 0) is 0 Å².